The molecule has 0 N–H and O–H groups in total. The van der Waals surface area contributed by atoms with E-state index in [0.29, 0.717) is 17.2 Å². The monoisotopic (exact) mass is 522 g/mol. The van der Waals surface area contributed by atoms with E-state index < -0.39 is 0 Å². The summed E-state index contributed by atoms with van der Waals surface area (Å²) in [6.45, 7) is 3.83. The molecule has 0 radical (unpaired) electrons. The van der Waals surface area contributed by atoms with Crippen molar-refractivity contribution in [3.63, 3.8) is 0 Å². The van der Waals surface area contributed by atoms with Crippen molar-refractivity contribution in [3.05, 3.63) is 105 Å². The maximum Gasteiger partial charge on any atom is 0.157 e. The molecular weight excluding hydrogens is 491 g/mol. The Balaban J connectivity index is 1.53. The third-order valence-electron chi connectivity index (χ3n) is 6.57. The maximum absolute atomic E-state index is 9.23. The van der Waals surface area contributed by atoms with E-state index in [4.69, 9.17) is 32.7 Å². The van der Waals surface area contributed by atoms with Crippen molar-refractivity contribution in [2.45, 2.75) is 44.4 Å². The van der Waals surface area contributed by atoms with Crippen molar-refractivity contribution in [2.75, 3.05) is 26.3 Å². The summed E-state index contributed by atoms with van der Waals surface area (Å²) in [4.78, 5) is 2.44. The first-order valence-corrected chi connectivity index (χ1v) is 13.3. The highest BCUT2D eigenvalue weighted by Gasteiger charge is 2.20. The average molecular weight is 524 g/mol. The summed E-state index contributed by atoms with van der Waals surface area (Å²) >= 11 is 12.8. The number of hydrogen-bond donors (Lipinski definition) is 0. The van der Waals surface area contributed by atoms with Gasteiger partial charge in [-0.3, -0.25) is 4.90 Å². The van der Waals surface area contributed by atoms with E-state index in [1.54, 1.807) is 6.07 Å². The molecule has 1 fully saturated rings. The van der Waals surface area contributed by atoms with Gasteiger partial charge in [-0.2, -0.15) is 5.26 Å². The zero-order valence-electron chi connectivity index (χ0n) is 20.4. The summed E-state index contributed by atoms with van der Waals surface area (Å²) < 4.78 is 11.8. The van der Waals surface area contributed by atoms with Crippen LogP contribution in [0.1, 0.15) is 47.4 Å². The number of benzene rings is 3. The van der Waals surface area contributed by atoms with Crippen LogP contribution in [-0.2, 0) is 22.4 Å². The molecule has 0 aromatic heterocycles. The number of ether oxygens (including phenoxy) is 2. The van der Waals surface area contributed by atoms with Crippen LogP contribution in [0.5, 0.6) is 0 Å². The Morgan fingerprint density at radius 2 is 1.83 bits per heavy atom. The van der Waals surface area contributed by atoms with Gasteiger partial charge in [0.15, 0.2) is 6.29 Å². The van der Waals surface area contributed by atoms with E-state index in [1.165, 1.54) is 11.1 Å². The normalized spacial score (nSPS) is 16.6. The molecule has 36 heavy (non-hydrogen) atoms. The Bertz CT molecular complexity index is 1130. The maximum atomic E-state index is 9.23. The van der Waals surface area contributed by atoms with E-state index in [-0.39, 0.29) is 12.2 Å². The molecule has 3 aromatic carbocycles. The third kappa shape index (κ3) is 8.06. The standard InChI is InChI=1S/C30H32Cl2N2O2/c31-28-13-11-25(12-14-28)27(19-26-10-9-24(20-33)18-29(26)32)22-34(21-23-6-2-1-3-7-23)15-17-36-30-8-4-5-16-35-30/h1-3,6-7,9-14,18,27,30H,4-5,8,15-17,19,21-22H2. The molecule has 0 spiro atoms. The quantitative estimate of drug-likeness (QED) is 0.266. The van der Waals surface area contributed by atoms with E-state index >= 15 is 0 Å². The molecule has 4 nitrogen and oxygen atoms in total. The Morgan fingerprint density at radius 3 is 2.53 bits per heavy atom. The molecule has 1 heterocycles. The average Bonchev–Trinajstić information content (AvgIpc) is 2.91. The van der Waals surface area contributed by atoms with Gasteiger partial charge in [-0.05, 0) is 66.6 Å². The lowest BCUT2D eigenvalue weighted by molar-refractivity contribution is -0.164. The lowest BCUT2D eigenvalue weighted by atomic mass is 9.91. The Morgan fingerprint density at radius 1 is 1.03 bits per heavy atom. The van der Waals surface area contributed by atoms with Crippen molar-refractivity contribution in [1.82, 2.24) is 4.90 Å². The highest BCUT2D eigenvalue weighted by Crippen LogP contribution is 2.28. The predicted molar refractivity (Wildman–Crippen MR) is 145 cm³/mol. The smallest absolute Gasteiger partial charge is 0.157 e. The fourth-order valence-corrected chi connectivity index (χ4v) is 5.00. The second-order valence-electron chi connectivity index (χ2n) is 9.26. The number of nitriles is 1. The highest BCUT2D eigenvalue weighted by atomic mass is 35.5. The van der Waals surface area contributed by atoms with Crippen LogP contribution >= 0.6 is 23.2 Å². The van der Waals surface area contributed by atoms with Crippen LogP contribution in [0.2, 0.25) is 10.0 Å². The van der Waals surface area contributed by atoms with Gasteiger partial charge in [0.1, 0.15) is 0 Å². The predicted octanol–water partition coefficient (Wildman–Crippen LogP) is 7.24. The molecule has 2 atom stereocenters. The third-order valence-corrected chi connectivity index (χ3v) is 7.17. The summed E-state index contributed by atoms with van der Waals surface area (Å²) in [5, 5.41) is 10.6. The minimum atomic E-state index is -0.0955. The van der Waals surface area contributed by atoms with Crippen LogP contribution in [-0.4, -0.2) is 37.5 Å². The van der Waals surface area contributed by atoms with Gasteiger partial charge in [0.25, 0.3) is 0 Å². The fraction of sp³-hybridized carbons (Fsp3) is 0.367. The largest absolute Gasteiger partial charge is 0.353 e. The molecule has 0 aliphatic carbocycles. The van der Waals surface area contributed by atoms with Crippen LogP contribution in [0.4, 0.5) is 0 Å². The van der Waals surface area contributed by atoms with E-state index in [9.17, 15) is 5.26 Å². The zero-order chi connectivity index (χ0) is 25.2. The van der Waals surface area contributed by atoms with Crippen molar-refractivity contribution in [2.24, 2.45) is 0 Å². The van der Waals surface area contributed by atoms with Gasteiger partial charge in [-0.25, -0.2) is 0 Å². The van der Waals surface area contributed by atoms with E-state index in [1.807, 2.05) is 30.3 Å². The molecule has 1 saturated heterocycles. The second-order valence-corrected chi connectivity index (χ2v) is 10.1. The Hall–Kier alpha value is -2.39. The molecular formula is C30H32Cl2N2O2. The van der Waals surface area contributed by atoms with Crippen LogP contribution < -0.4 is 0 Å². The molecule has 0 bridgehead atoms. The number of nitrogens with zero attached hydrogens (tertiary/aromatic N) is 2. The molecule has 0 saturated carbocycles. The van der Waals surface area contributed by atoms with Crippen molar-refractivity contribution < 1.29 is 9.47 Å². The van der Waals surface area contributed by atoms with Gasteiger partial charge in [-0.15, -0.1) is 0 Å². The van der Waals surface area contributed by atoms with E-state index in [0.717, 1.165) is 62.5 Å². The van der Waals surface area contributed by atoms with Gasteiger partial charge < -0.3 is 9.47 Å². The van der Waals surface area contributed by atoms with E-state index in [2.05, 4.69) is 47.4 Å². The molecule has 4 rings (SSSR count). The van der Waals surface area contributed by atoms with Gasteiger partial charge in [0.2, 0.25) is 0 Å². The lowest BCUT2D eigenvalue weighted by Gasteiger charge is -2.30. The number of rotatable bonds is 11. The minimum absolute atomic E-state index is 0.0955. The molecule has 0 amide bonds. The topological polar surface area (TPSA) is 45.5 Å². The van der Waals surface area contributed by atoms with Crippen LogP contribution in [0.3, 0.4) is 0 Å². The first-order valence-electron chi connectivity index (χ1n) is 12.5. The van der Waals surface area contributed by atoms with Gasteiger partial charge in [0, 0.05) is 42.2 Å². The highest BCUT2D eigenvalue weighted by molar-refractivity contribution is 6.31. The van der Waals surface area contributed by atoms with Gasteiger partial charge in [0.05, 0.1) is 18.2 Å². The summed E-state index contributed by atoms with van der Waals surface area (Å²) in [7, 11) is 0. The van der Waals surface area contributed by atoms with Crippen LogP contribution in [0.15, 0.2) is 72.8 Å². The molecule has 188 valence electrons. The number of halogens is 2. The first kappa shape index (κ1) is 26.7. The van der Waals surface area contributed by atoms with Crippen molar-refractivity contribution in [1.29, 1.82) is 5.26 Å². The van der Waals surface area contributed by atoms with Crippen LogP contribution in [0, 0.1) is 11.3 Å². The Kier molecular flexibility index (Phi) is 10.2. The van der Waals surface area contributed by atoms with Crippen molar-refractivity contribution >= 4 is 23.2 Å². The molecule has 6 heteroatoms. The summed E-state index contributed by atoms with van der Waals surface area (Å²) in [6.07, 6.45) is 3.89. The second kappa shape index (κ2) is 13.8. The molecule has 3 aromatic rings. The fourth-order valence-electron chi connectivity index (χ4n) is 4.61. The first-order chi connectivity index (χ1) is 17.6. The zero-order valence-corrected chi connectivity index (χ0v) is 21.9. The summed E-state index contributed by atoms with van der Waals surface area (Å²) in [5.74, 6) is 0.183. The molecule has 2 unspecified atom stereocenters. The van der Waals surface area contributed by atoms with Crippen LogP contribution in [0.25, 0.3) is 0 Å². The Labute approximate surface area is 224 Å². The van der Waals surface area contributed by atoms with Crippen molar-refractivity contribution in [3.8, 4) is 6.07 Å². The lowest BCUT2D eigenvalue weighted by Crippen LogP contribution is -2.34. The summed E-state index contributed by atoms with van der Waals surface area (Å²) in [6, 6.07) is 26.3. The SMILES string of the molecule is N#Cc1ccc(CC(CN(CCOC2CCCCO2)Cc2ccccc2)c2ccc(Cl)cc2)c(Cl)c1. The molecule has 1 aliphatic rings. The van der Waals surface area contributed by atoms with Gasteiger partial charge in [-0.1, -0.05) is 71.7 Å². The summed E-state index contributed by atoms with van der Waals surface area (Å²) in [5.41, 5.74) is 4.06. The minimum Gasteiger partial charge on any atom is -0.353 e. The molecule has 1 aliphatic heterocycles. The van der Waals surface area contributed by atoms with Gasteiger partial charge >= 0.3 is 0 Å². The number of hydrogen-bond acceptors (Lipinski definition) is 4.